The highest BCUT2D eigenvalue weighted by atomic mass is 16.5. The van der Waals surface area contributed by atoms with Crippen molar-refractivity contribution >= 4 is 6.09 Å². The Morgan fingerprint density at radius 3 is 2.77 bits per heavy atom. The predicted molar refractivity (Wildman–Crippen MR) is 50.2 cm³/mol. The quantitative estimate of drug-likeness (QED) is 0.658. The maximum atomic E-state index is 11.0. The first-order valence-electron chi connectivity index (χ1n) is 4.69. The van der Waals surface area contributed by atoms with E-state index in [1.165, 1.54) is 19.3 Å². The van der Waals surface area contributed by atoms with Crippen molar-refractivity contribution in [2.45, 2.75) is 38.1 Å². The van der Waals surface area contributed by atoms with Crippen LogP contribution in [0.2, 0.25) is 0 Å². The summed E-state index contributed by atoms with van der Waals surface area (Å²) in [5.74, 6) is 2.25. The Hall–Kier alpha value is -1.17. The molecule has 0 radical (unpaired) electrons. The van der Waals surface area contributed by atoms with Crippen LogP contribution in [0.1, 0.15) is 32.1 Å². The second-order valence-corrected chi connectivity index (χ2v) is 3.26. The van der Waals surface area contributed by atoms with E-state index in [9.17, 15) is 4.79 Å². The van der Waals surface area contributed by atoms with Crippen LogP contribution in [-0.4, -0.2) is 18.7 Å². The third-order valence-electron chi connectivity index (χ3n) is 2.21. The SMILES string of the molecule is C#CCOC(=O)NC1CCCCC1. The zero-order valence-corrected chi connectivity index (χ0v) is 7.71. The van der Waals surface area contributed by atoms with Gasteiger partial charge in [-0.15, -0.1) is 6.42 Å². The van der Waals surface area contributed by atoms with E-state index in [1.54, 1.807) is 0 Å². The average Bonchev–Trinajstić information content (AvgIpc) is 2.16. The summed E-state index contributed by atoms with van der Waals surface area (Å²) in [6, 6.07) is 0.291. The monoisotopic (exact) mass is 181 g/mol. The van der Waals surface area contributed by atoms with Crippen LogP contribution in [0.3, 0.4) is 0 Å². The number of terminal acetylenes is 1. The fraction of sp³-hybridized carbons (Fsp3) is 0.700. The Bertz CT molecular complexity index is 201. The van der Waals surface area contributed by atoms with Crippen LogP contribution in [0.15, 0.2) is 0 Å². The first kappa shape index (κ1) is 9.91. The van der Waals surface area contributed by atoms with E-state index >= 15 is 0 Å². The Kier molecular flexibility index (Phi) is 4.17. The second kappa shape index (κ2) is 5.47. The molecule has 0 unspecified atom stereocenters. The molecule has 72 valence electrons. The molecule has 0 atom stereocenters. The summed E-state index contributed by atoms with van der Waals surface area (Å²) in [5.41, 5.74) is 0. The molecule has 1 aliphatic rings. The van der Waals surface area contributed by atoms with Crippen LogP contribution < -0.4 is 5.32 Å². The standard InChI is InChI=1S/C10H15NO2/c1-2-8-13-10(12)11-9-6-4-3-5-7-9/h1,9H,3-8H2,(H,11,12). The van der Waals surface area contributed by atoms with Gasteiger partial charge in [0.1, 0.15) is 0 Å². The molecule has 0 spiro atoms. The molecule has 0 heterocycles. The highest BCUT2D eigenvalue weighted by Gasteiger charge is 2.15. The van der Waals surface area contributed by atoms with Crippen molar-refractivity contribution in [3.63, 3.8) is 0 Å². The molecular weight excluding hydrogens is 166 g/mol. The molecule has 1 saturated carbocycles. The van der Waals surface area contributed by atoms with Gasteiger partial charge in [-0.1, -0.05) is 25.2 Å². The second-order valence-electron chi connectivity index (χ2n) is 3.26. The minimum atomic E-state index is -0.384. The summed E-state index contributed by atoms with van der Waals surface area (Å²) in [4.78, 5) is 11.0. The van der Waals surface area contributed by atoms with Crippen molar-refractivity contribution in [3.05, 3.63) is 0 Å². The molecule has 0 aromatic heterocycles. The minimum Gasteiger partial charge on any atom is -0.436 e. The Morgan fingerprint density at radius 2 is 2.15 bits per heavy atom. The molecule has 1 amide bonds. The van der Waals surface area contributed by atoms with E-state index in [-0.39, 0.29) is 12.7 Å². The molecule has 1 aliphatic carbocycles. The topological polar surface area (TPSA) is 38.3 Å². The van der Waals surface area contributed by atoms with E-state index < -0.39 is 0 Å². The van der Waals surface area contributed by atoms with Crippen molar-refractivity contribution in [2.75, 3.05) is 6.61 Å². The van der Waals surface area contributed by atoms with E-state index in [0.29, 0.717) is 6.04 Å². The van der Waals surface area contributed by atoms with Crippen LogP contribution in [0, 0.1) is 12.3 Å². The van der Waals surface area contributed by atoms with E-state index in [4.69, 9.17) is 11.2 Å². The average molecular weight is 181 g/mol. The number of alkyl carbamates (subject to hydrolysis) is 1. The lowest BCUT2D eigenvalue weighted by atomic mass is 9.96. The number of ether oxygens (including phenoxy) is 1. The van der Waals surface area contributed by atoms with Gasteiger partial charge in [0.2, 0.25) is 0 Å². The van der Waals surface area contributed by atoms with Crippen LogP contribution in [0.25, 0.3) is 0 Å². The van der Waals surface area contributed by atoms with Crippen molar-refractivity contribution < 1.29 is 9.53 Å². The summed E-state index contributed by atoms with van der Waals surface area (Å²) < 4.78 is 4.71. The van der Waals surface area contributed by atoms with Crippen LogP contribution >= 0.6 is 0 Å². The lowest BCUT2D eigenvalue weighted by Gasteiger charge is -2.21. The van der Waals surface area contributed by atoms with Crippen LogP contribution in [0.4, 0.5) is 4.79 Å². The van der Waals surface area contributed by atoms with Gasteiger partial charge in [-0.2, -0.15) is 0 Å². The fourth-order valence-corrected chi connectivity index (χ4v) is 1.56. The summed E-state index contributed by atoms with van der Waals surface area (Å²) in [6.45, 7) is 0.0541. The zero-order valence-electron chi connectivity index (χ0n) is 7.71. The fourth-order valence-electron chi connectivity index (χ4n) is 1.56. The third kappa shape index (κ3) is 3.84. The predicted octanol–water partition coefficient (Wildman–Crippen LogP) is 1.68. The van der Waals surface area contributed by atoms with Gasteiger partial charge in [-0.05, 0) is 12.8 Å². The van der Waals surface area contributed by atoms with E-state index in [1.807, 2.05) is 0 Å². The van der Waals surface area contributed by atoms with Crippen molar-refractivity contribution in [1.82, 2.24) is 5.32 Å². The molecule has 3 heteroatoms. The van der Waals surface area contributed by atoms with Gasteiger partial charge in [0.05, 0.1) is 0 Å². The maximum Gasteiger partial charge on any atom is 0.408 e. The number of rotatable bonds is 2. The molecule has 1 N–H and O–H groups in total. The molecule has 1 fully saturated rings. The first-order chi connectivity index (χ1) is 6.33. The van der Waals surface area contributed by atoms with Gasteiger partial charge in [0.15, 0.2) is 6.61 Å². The summed E-state index contributed by atoms with van der Waals surface area (Å²) in [7, 11) is 0. The van der Waals surface area contributed by atoms with Gasteiger partial charge in [0.25, 0.3) is 0 Å². The van der Waals surface area contributed by atoms with E-state index in [2.05, 4.69) is 11.2 Å². The van der Waals surface area contributed by atoms with Crippen LogP contribution in [0.5, 0.6) is 0 Å². The first-order valence-corrected chi connectivity index (χ1v) is 4.69. The van der Waals surface area contributed by atoms with Crippen molar-refractivity contribution in [2.24, 2.45) is 0 Å². The van der Waals surface area contributed by atoms with Gasteiger partial charge in [-0.25, -0.2) is 4.79 Å². The summed E-state index contributed by atoms with van der Waals surface area (Å²) >= 11 is 0. The number of hydrogen-bond acceptors (Lipinski definition) is 2. The molecule has 1 rings (SSSR count). The lowest BCUT2D eigenvalue weighted by molar-refractivity contribution is 0.152. The molecule has 13 heavy (non-hydrogen) atoms. The van der Waals surface area contributed by atoms with Gasteiger partial charge in [-0.3, -0.25) is 0 Å². The van der Waals surface area contributed by atoms with Crippen LogP contribution in [-0.2, 0) is 4.74 Å². The van der Waals surface area contributed by atoms with Gasteiger partial charge in [0, 0.05) is 6.04 Å². The zero-order chi connectivity index (χ0) is 9.52. The smallest absolute Gasteiger partial charge is 0.408 e. The van der Waals surface area contributed by atoms with Gasteiger partial charge >= 0.3 is 6.09 Å². The molecule has 0 aromatic rings. The highest BCUT2D eigenvalue weighted by molar-refractivity contribution is 5.67. The summed E-state index contributed by atoms with van der Waals surface area (Å²) in [6.07, 6.45) is 10.4. The van der Waals surface area contributed by atoms with Crippen molar-refractivity contribution in [3.8, 4) is 12.3 Å². The highest BCUT2D eigenvalue weighted by Crippen LogP contribution is 2.17. The maximum absolute atomic E-state index is 11.0. The Balaban J connectivity index is 2.15. The largest absolute Gasteiger partial charge is 0.436 e. The number of amides is 1. The summed E-state index contributed by atoms with van der Waals surface area (Å²) in [5, 5.41) is 2.80. The minimum absolute atomic E-state index is 0.0541. The molecule has 3 nitrogen and oxygen atoms in total. The molecule has 0 bridgehead atoms. The molecule has 0 saturated heterocycles. The van der Waals surface area contributed by atoms with Gasteiger partial charge < -0.3 is 10.1 Å². The van der Waals surface area contributed by atoms with E-state index in [0.717, 1.165) is 12.8 Å². The number of carbonyl (C=O) groups is 1. The number of hydrogen-bond donors (Lipinski definition) is 1. The molecular formula is C10H15NO2. The number of carbonyl (C=O) groups excluding carboxylic acids is 1. The third-order valence-corrected chi connectivity index (χ3v) is 2.21. The Morgan fingerprint density at radius 1 is 1.46 bits per heavy atom. The number of nitrogens with one attached hydrogen (secondary N) is 1. The Labute approximate surface area is 78.8 Å². The van der Waals surface area contributed by atoms with Crippen molar-refractivity contribution in [1.29, 1.82) is 0 Å². The normalized spacial score (nSPS) is 17.5. The molecule has 0 aromatic carbocycles. The molecule has 0 aliphatic heterocycles. The lowest BCUT2D eigenvalue weighted by Crippen LogP contribution is -2.36.